The summed E-state index contributed by atoms with van der Waals surface area (Å²) in [7, 11) is -2.95. The summed E-state index contributed by atoms with van der Waals surface area (Å²) in [4.78, 5) is 76.4. The molecule has 16 heteroatoms. The number of carbonyl (C=O) groups excluding carboxylic acids is 5. The van der Waals surface area contributed by atoms with Gasteiger partial charge in [0.15, 0.2) is 0 Å². The number of amides is 5. The van der Waals surface area contributed by atoms with Crippen LogP contribution in [0.1, 0.15) is 132 Å². The first-order valence-electron chi connectivity index (χ1n) is 22.5. The van der Waals surface area contributed by atoms with Crippen LogP contribution in [0.2, 0.25) is 0 Å². The van der Waals surface area contributed by atoms with Gasteiger partial charge in [0.05, 0.1) is 6.04 Å². The molecule has 6 rings (SSSR count). The topological polar surface area (TPSA) is 177 Å². The van der Waals surface area contributed by atoms with Gasteiger partial charge in [-0.05, 0) is 93.9 Å². The van der Waals surface area contributed by atoms with E-state index in [1.807, 2.05) is 20.8 Å². The molecule has 0 aromatic rings. The first-order valence-corrected chi connectivity index (χ1v) is 24.5. The van der Waals surface area contributed by atoms with E-state index >= 15 is 4.79 Å². The molecule has 338 valence electrons. The zero-order chi connectivity index (χ0) is 44.2. The molecule has 4 aliphatic carbocycles. The van der Waals surface area contributed by atoms with E-state index < -0.39 is 68.8 Å². The number of hydrogen-bond acceptors (Lipinski definition) is 8. The Hall–Kier alpha value is -2.75. The molecular weight excluding hydrogens is 806 g/mol. The molecule has 2 aliphatic heterocycles. The van der Waals surface area contributed by atoms with Crippen LogP contribution >= 0.6 is 11.6 Å². The lowest BCUT2D eigenvalue weighted by molar-refractivity contribution is -0.145. The van der Waals surface area contributed by atoms with Gasteiger partial charge in [-0.1, -0.05) is 72.8 Å². The smallest absolute Gasteiger partial charge is 0.303 e. The van der Waals surface area contributed by atoms with Gasteiger partial charge in [-0.3, -0.25) is 28.9 Å². The van der Waals surface area contributed by atoms with Crippen LogP contribution in [0.3, 0.4) is 0 Å². The van der Waals surface area contributed by atoms with Crippen LogP contribution in [-0.4, -0.2) is 120 Å². The number of piperidine rings is 1. The average Bonchev–Trinajstić information content (AvgIpc) is 3.90. The second kappa shape index (κ2) is 17.1. The molecular formula is C44H72ClN7O7S. The molecule has 0 unspecified atom stereocenters. The van der Waals surface area contributed by atoms with E-state index in [0.29, 0.717) is 13.0 Å². The second-order valence-electron chi connectivity index (χ2n) is 20.8. The Morgan fingerprint density at radius 3 is 2.08 bits per heavy atom. The molecule has 4 saturated carbocycles. The van der Waals surface area contributed by atoms with Crippen LogP contribution in [-0.2, 0) is 34.2 Å². The Balaban J connectivity index is 1.28. The third-order valence-corrected chi connectivity index (χ3v) is 17.7. The first-order chi connectivity index (χ1) is 28.0. The summed E-state index contributed by atoms with van der Waals surface area (Å²) in [6.07, 6.45) is 12.4. The molecule has 6 fully saturated rings. The summed E-state index contributed by atoms with van der Waals surface area (Å²) < 4.78 is 29.1. The van der Waals surface area contributed by atoms with Crippen LogP contribution in [0.25, 0.3) is 0 Å². The monoisotopic (exact) mass is 877 g/mol. The third-order valence-electron chi connectivity index (χ3n) is 16.1. The summed E-state index contributed by atoms with van der Waals surface area (Å²) >= 11 is 5.78. The first kappa shape index (κ1) is 46.7. The zero-order valence-corrected chi connectivity index (χ0v) is 38.9. The Morgan fingerprint density at radius 2 is 1.55 bits per heavy atom. The van der Waals surface area contributed by atoms with Crippen molar-refractivity contribution in [1.29, 1.82) is 0 Å². The normalized spacial score (nSPS) is 31.0. The average molecular weight is 879 g/mol. The number of nitrogens with zero attached hydrogens (tertiary/aromatic N) is 3. The minimum Gasteiger partial charge on any atom is -0.343 e. The van der Waals surface area contributed by atoms with Crippen LogP contribution < -0.4 is 20.7 Å². The number of fused-ring (bicyclic) bond motifs is 1. The maximum absolute atomic E-state index is 15.3. The molecule has 0 aromatic heterocycles. The maximum atomic E-state index is 15.3. The lowest BCUT2D eigenvalue weighted by Gasteiger charge is -2.40. The predicted octanol–water partition coefficient (Wildman–Crippen LogP) is 4.24. The fourth-order valence-corrected chi connectivity index (χ4v) is 13.2. The number of alkyl halides is 1. The van der Waals surface area contributed by atoms with Gasteiger partial charge in [-0.2, -0.15) is 12.7 Å². The third kappa shape index (κ3) is 8.15. The molecule has 14 nitrogen and oxygen atoms in total. The van der Waals surface area contributed by atoms with Gasteiger partial charge in [0, 0.05) is 43.4 Å². The van der Waals surface area contributed by atoms with Crippen molar-refractivity contribution in [2.24, 2.45) is 33.5 Å². The van der Waals surface area contributed by atoms with E-state index in [0.717, 1.165) is 81.5 Å². The van der Waals surface area contributed by atoms with E-state index in [2.05, 4.69) is 59.8 Å². The van der Waals surface area contributed by atoms with Gasteiger partial charge >= 0.3 is 10.2 Å². The molecule has 5 amide bonds. The fourth-order valence-electron chi connectivity index (χ4n) is 11.9. The minimum atomic E-state index is -4.26. The van der Waals surface area contributed by atoms with Gasteiger partial charge in [-0.15, -0.1) is 18.2 Å². The number of carbonyl (C=O) groups is 5. The van der Waals surface area contributed by atoms with E-state index in [9.17, 15) is 27.6 Å². The molecule has 0 aromatic carbocycles. The molecule has 4 N–H and O–H groups in total. The number of halogens is 1. The zero-order valence-electron chi connectivity index (χ0n) is 37.3. The molecule has 2 heterocycles. The van der Waals surface area contributed by atoms with Gasteiger partial charge < -0.3 is 20.9 Å². The van der Waals surface area contributed by atoms with Crippen LogP contribution in [0.15, 0.2) is 12.7 Å². The number of rotatable bonds is 15. The molecule has 0 bridgehead atoms. The molecule has 6 aliphatic rings. The molecule has 2 saturated heterocycles. The second-order valence-corrected chi connectivity index (χ2v) is 23.0. The lowest BCUT2D eigenvalue weighted by Crippen LogP contribution is -2.63. The summed E-state index contributed by atoms with van der Waals surface area (Å²) in [6, 6.07) is -2.99. The van der Waals surface area contributed by atoms with Crippen LogP contribution in [0.4, 0.5) is 0 Å². The van der Waals surface area contributed by atoms with Crippen molar-refractivity contribution in [2.75, 3.05) is 32.6 Å². The SMILES string of the molecule is C=C[C@@H]1C[C@]1(NC(=O)[C@@H]1C[C@@]2(CN1C(=O)[C@@H](NC(=O)[C@@H](NC(=O)[C@@H]1CCCCN1C(C)C)C1CCCCC1)C(C)(C)C)C(C)(C)C21CCC1)C(=O)NS(=O)(=O)N(C)CCCl. The number of nitrogens with one attached hydrogen (secondary N) is 4. The number of hydrogen-bond donors (Lipinski definition) is 4. The lowest BCUT2D eigenvalue weighted by atomic mass is 9.73. The summed E-state index contributed by atoms with van der Waals surface area (Å²) in [5.41, 5.74) is -2.91. The van der Waals surface area contributed by atoms with E-state index in [4.69, 9.17) is 11.6 Å². The van der Waals surface area contributed by atoms with Crippen molar-refractivity contribution in [2.45, 2.75) is 168 Å². The Morgan fingerprint density at radius 1 is 0.900 bits per heavy atom. The van der Waals surface area contributed by atoms with E-state index in [-0.39, 0.29) is 59.0 Å². The van der Waals surface area contributed by atoms with E-state index in [1.165, 1.54) is 13.1 Å². The van der Waals surface area contributed by atoms with Crippen molar-refractivity contribution in [3.63, 3.8) is 0 Å². The van der Waals surface area contributed by atoms with Crippen molar-refractivity contribution < 1.29 is 32.4 Å². The van der Waals surface area contributed by atoms with E-state index in [1.54, 1.807) is 4.90 Å². The highest BCUT2D eigenvalue weighted by Crippen LogP contribution is 2.88. The van der Waals surface area contributed by atoms with Gasteiger partial charge in [0.1, 0.15) is 23.7 Å². The van der Waals surface area contributed by atoms with Crippen molar-refractivity contribution >= 4 is 51.3 Å². The van der Waals surface area contributed by atoms with Crippen LogP contribution in [0.5, 0.6) is 0 Å². The quantitative estimate of drug-likeness (QED) is 0.140. The van der Waals surface area contributed by atoms with Gasteiger partial charge in [0.2, 0.25) is 23.6 Å². The standard InChI is InChI=1S/C44H72ClN7O7S/c1-10-30-25-44(30,39(57)49-60(58,59)50(9)24-22-45)48-36(54)32-26-43(41(7,8)42(43)20-16-21-42)27-52(32)38(56)34(40(4,5)6)47-37(55)33(29-17-12-11-13-18-29)46-35(53)31-19-14-15-23-51(31)28(2)3/h10,28-34H,1,11-27H2,2-9H3,(H,46,53)(H,47,55)(H,48,54)(H,49,57)/t30-,31+,32+,33+,34-,43-,44-/m1/s1. The summed E-state index contributed by atoms with van der Waals surface area (Å²) in [5, 5.41) is 9.26. The Bertz CT molecular complexity index is 1810. The molecule has 7 atom stereocenters. The highest BCUT2D eigenvalue weighted by atomic mass is 35.5. The molecule has 0 radical (unpaired) electrons. The Labute approximate surface area is 363 Å². The molecule has 60 heavy (non-hydrogen) atoms. The van der Waals surface area contributed by atoms with Gasteiger partial charge in [-0.25, -0.2) is 4.72 Å². The fraction of sp³-hybridized carbons (Fsp3) is 0.841. The Kier molecular flexibility index (Phi) is 13.3. The van der Waals surface area contributed by atoms with Crippen LogP contribution in [0, 0.1) is 33.5 Å². The van der Waals surface area contributed by atoms with Crippen molar-refractivity contribution in [3.8, 4) is 0 Å². The van der Waals surface area contributed by atoms with Crippen molar-refractivity contribution in [3.05, 3.63) is 12.7 Å². The predicted molar refractivity (Wildman–Crippen MR) is 232 cm³/mol. The maximum Gasteiger partial charge on any atom is 0.303 e. The van der Waals surface area contributed by atoms with Gasteiger partial charge in [0.25, 0.3) is 5.91 Å². The van der Waals surface area contributed by atoms with Crippen molar-refractivity contribution in [1.82, 2.24) is 34.8 Å². The molecule has 2 spiro atoms. The number of likely N-dealkylation sites (tertiary alicyclic amines) is 2. The summed E-state index contributed by atoms with van der Waals surface area (Å²) in [5.74, 6) is -2.94. The minimum absolute atomic E-state index is 0.0241. The largest absolute Gasteiger partial charge is 0.343 e. The highest BCUT2D eigenvalue weighted by molar-refractivity contribution is 7.87. The summed E-state index contributed by atoms with van der Waals surface area (Å²) in [6.45, 7) is 19.2. The highest BCUT2D eigenvalue weighted by Gasteiger charge is 2.85.